The van der Waals surface area contributed by atoms with Crippen molar-refractivity contribution >= 4 is 33.5 Å². The highest BCUT2D eigenvalue weighted by atomic mass is 127. The first-order chi connectivity index (χ1) is 8.25. The maximum Gasteiger partial charge on any atom is 0.131 e. The van der Waals surface area contributed by atoms with Crippen LogP contribution >= 0.6 is 22.6 Å². The second-order valence-electron chi connectivity index (χ2n) is 4.31. The maximum absolute atomic E-state index is 9.51. The summed E-state index contributed by atoms with van der Waals surface area (Å²) in [4.78, 5) is 0. The average Bonchev–Trinajstić information content (AvgIpc) is 2.68. The molecule has 4 nitrogen and oxygen atoms in total. The molecule has 1 saturated heterocycles. The maximum atomic E-state index is 9.51. The van der Waals surface area contributed by atoms with Crippen molar-refractivity contribution in [3.63, 3.8) is 0 Å². The zero-order chi connectivity index (χ0) is 11.8. The third-order valence-electron chi connectivity index (χ3n) is 3.13. The summed E-state index contributed by atoms with van der Waals surface area (Å²) in [6, 6.07) is 5.72. The van der Waals surface area contributed by atoms with Crippen molar-refractivity contribution in [1.29, 1.82) is 0 Å². The minimum atomic E-state index is 0.287. The van der Waals surface area contributed by atoms with Crippen LogP contribution in [0.3, 0.4) is 0 Å². The molecule has 0 radical (unpaired) electrons. The molecule has 0 spiro atoms. The molecule has 0 saturated carbocycles. The number of aromatic nitrogens is 2. The van der Waals surface area contributed by atoms with Gasteiger partial charge in [0, 0.05) is 12.0 Å². The summed E-state index contributed by atoms with van der Waals surface area (Å²) in [5, 5.41) is 15.1. The molecule has 1 aromatic carbocycles. The molecule has 90 valence electrons. The standard InChI is InChI=1S/C12H13IN2O2/c13-12-10-6-9(16)3-4-11(10)15(14-12)8-2-1-5-17-7-8/h3-4,6,8,16H,1-2,5,7H2. The van der Waals surface area contributed by atoms with Crippen LogP contribution in [0.2, 0.25) is 0 Å². The minimum absolute atomic E-state index is 0.287. The number of benzene rings is 1. The zero-order valence-corrected chi connectivity index (χ0v) is 11.4. The van der Waals surface area contributed by atoms with E-state index >= 15 is 0 Å². The summed E-state index contributed by atoms with van der Waals surface area (Å²) >= 11 is 2.21. The molecule has 1 N–H and O–H groups in total. The van der Waals surface area contributed by atoms with Gasteiger partial charge in [-0.05, 0) is 53.6 Å². The smallest absolute Gasteiger partial charge is 0.131 e. The lowest BCUT2D eigenvalue weighted by atomic mass is 10.1. The molecular formula is C12H13IN2O2. The summed E-state index contributed by atoms with van der Waals surface area (Å²) in [5.74, 6) is 0.287. The number of ether oxygens (including phenoxy) is 1. The van der Waals surface area contributed by atoms with Crippen LogP contribution in [0.1, 0.15) is 18.9 Å². The normalized spacial score (nSPS) is 20.9. The molecule has 1 atom stereocenters. The van der Waals surface area contributed by atoms with Crippen LogP contribution < -0.4 is 0 Å². The number of halogens is 1. The fourth-order valence-corrected chi connectivity index (χ4v) is 2.95. The van der Waals surface area contributed by atoms with Gasteiger partial charge in [0.05, 0.1) is 18.2 Å². The Labute approximate surface area is 113 Å². The number of phenolic OH excluding ortho intramolecular Hbond substituents is 1. The van der Waals surface area contributed by atoms with E-state index in [4.69, 9.17) is 4.74 Å². The first-order valence-corrected chi connectivity index (χ1v) is 6.78. The topological polar surface area (TPSA) is 47.3 Å². The Kier molecular flexibility index (Phi) is 2.96. The lowest BCUT2D eigenvalue weighted by Gasteiger charge is -2.23. The quantitative estimate of drug-likeness (QED) is 0.810. The monoisotopic (exact) mass is 344 g/mol. The first-order valence-electron chi connectivity index (χ1n) is 5.70. The predicted octanol–water partition coefficient (Wildman–Crippen LogP) is 2.70. The van der Waals surface area contributed by atoms with E-state index in [0.717, 1.165) is 40.7 Å². The van der Waals surface area contributed by atoms with E-state index in [1.54, 1.807) is 12.1 Å². The van der Waals surface area contributed by atoms with Crippen LogP contribution in [0.4, 0.5) is 0 Å². The van der Waals surface area contributed by atoms with Crippen molar-refractivity contribution in [2.24, 2.45) is 0 Å². The number of hydrogen-bond acceptors (Lipinski definition) is 3. The van der Waals surface area contributed by atoms with Crippen molar-refractivity contribution in [3.8, 4) is 5.75 Å². The molecule has 3 rings (SSSR count). The van der Waals surface area contributed by atoms with Gasteiger partial charge >= 0.3 is 0 Å². The second-order valence-corrected chi connectivity index (χ2v) is 5.33. The average molecular weight is 344 g/mol. The van der Waals surface area contributed by atoms with Gasteiger partial charge in [0.1, 0.15) is 9.45 Å². The Morgan fingerprint density at radius 1 is 1.47 bits per heavy atom. The molecule has 17 heavy (non-hydrogen) atoms. The van der Waals surface area contributed by atoms with Crippen LogP contribution in [0.25, 0.3) is 10.9 Å². The Balaban J connectivity index is 2.10. The number of rotatable bonds is 1. The van der Waals surface area contributed by atoms with Crippen molar-refractivity contribution < 1.29 is 9.84 Å². The summed E-state index contributed by atoms with van der Waals surface area (Å²) < 4.78 is 8.47. The molecule has 2 heterocycles. The largest absolute Gasteiger partial charge is 0.508 e. The molecule has 5 heteroatoms. The fourth-order valence-electron chi connectivity index (χ4n) is 2.29. The van der Waals surface area contributed by atoms with Gasteiger partial charge < -0.3 is 9.84 Å². The molecule has 1 aliphatic rings. The number of phenols is 1. The molecular weight excluding hydrogens is 331 g/mol. The summed E-state index contributed by atoms with van der Waals surface area (Å²) in [5.41, 5.74) is 1.07. The second kappa shape index (κ2) is 4.45. The highest BCUT2D eigenvalue weighted by molar-refractivity contribution is 14.1. The molecule has 0 amide bonds. The van der Waals surface area contributed by atoms with E-state index in [1.807, 2.05) is 10.7 Å². The van der Waals surface area contributed by atoms with Crippen LogP contribution in [-0.2, 0) is 4.74 Å². The third kappa shape index (κ3) is 2.01. The zero-order valence-electron chi connectivity index (χ0n) is 9.27. The third-order valence-corrected chi connectivity index (χ3v) is 3.92. The molecule has 0 aliphatic carbocycles. The molecule has 0 bridgehead atoms. The van der Waals surface area contributed by atoms with E-state index in [9.17, 15) is 5.11 Å². The molecule has 1 fully saturated rings. The Morgan fingerprint density at radius 2 is 2.35 bits per heavy atom. The van der Waals surface area contributed by atoms with Gasteiger partial charge in [0.15, 0.2) is 0 Å². The molecule has 1 aromatic heterocycles. The number of fused-ring (bicyclic) bond motifs is 1. The molecule has 2 aromatic rings. The van der Waals surface area contributed by atoms with Gasteiger partial charge in [-0.3, -0.25) is 4.68 Å². The van der Waals surface area contributed by atoms with Crippen molar-refractivity contribution in [2.75, 3.05) is 13.2 Å². The summed E-state index contributed by atoms with van der Waals surface area (Å²) in [7, 11) is 0. The Bertz CT molecular complexity index is 547. The fraction of sp³-hybridized carbons (Fsp3) is 0.417. The van der Waals surface area contributed by atoms with E-state index in [0.29, 0.717) is 6.04 Å². The van der Waals surface area contributed by atoms with E-state index in [1.165, 1.54) is 0 Å². The van der Waals surface area contributed by atoms with E-state index in [-0.39, 0.29) is 5.75 Å². The highest BCUT2D eigenvalue weighted by Gasteiger charge is 2.20. The summed E-state index contributed by atoms with van der Waals surface area (Å²) in [6.45, 7) is 1.58. The highest BCUT2D eigenvalue weighted by Crippen LogP contribution is 2.29. The van der Waals surface area contributed by atoms with Gasteiger partial charge in [-0.25, -0.2) is 0 Å². The number of aromatic hydroxyl groups is 1. The number of hydrogen-bond donors (Lipinski definition) is 1. The van der Waals surface area contributed by atoms with Crippen molar-refractivity contribution in [3.05, 3.63) is 21.9 Å². The minimum Gasteiger partial charge on any atom is -0.508 e. The van der Waals surface area contributed by atoms with Gasteiger partial charge in [0.2, 0.25) is 0 Å². The number of nitrogens with zero attached hydrogens (tertiary/aromatic N) is 2. The lowest BCUT2D eigenvalue weighted by Crippen LogP contribution is -2.22. The summed E-state index contributed by atoms with van der Waals surface area (Å²) in [6.07, 6.45) is 2.19. The van der Waals surface area contributed by atoms with E-state index < -0.39 is 0 Å². The Morgan fingerprint density at radius 3 is 3.12 bits per heavy atom. The van der Waals surface area contributed by atoms with Crippen molar-refractivity contribution in [2.45, 2.75) is 18.9 Å². The molecule has 1 unspecified atom stereocenters. The van der Waals surface area contributed by atoms with Gasteiger partial charge in [-0.2, -0.15) is 5.10 Å². The van der Waals surface area contributed by atoms with Crippen molar-refractivity contribution in [1.82, 2.24) is 9.78 Å². The van der Waals surface area contributed by atoms with Gasteiger partial charge in [0.25, 0.3) is 0 Å². The first kappa shape index (κ1) is 11.3. The van der Waals surface area contributed by atoms with Crippen LogP contribution in [0.5, 0.6) is 5.75 Å². The van der Waals surface area contributed by atoms with Gasteiger partial charge in [-0.15, -0.1) is 0 Å². The molecule has 1 aliphatic heterocycles. The Hall–Kier alpha value is -0.820. The lowest BCUT2D eigenvalue weighted by molar-refractivity contribution is 0.0564. The SMILES string of the molecule is Oc1ccc2c(c1)c(I)nn2C1CCCOC1. The van der Waals surface area contributed by atoms with Crippen LogP contribution in [0, 0.1) is 3.70 Å². The van der Waals surface area contributed by atoms with Crippen LogP contribution in [-0.4, -0.2) is 28.1 Å². The van der Waals surface area contributed by atoms with E-state index in [2.05, 4.69) is 27.7 Å². The van der Waals surface area contributed by atoms with Crippen LogP contribution in [0.15, 0.2) is 18.2 Å². The van der Waals surface area contributed by atoms with Gasteiger partial charge in [-0.1, -0.05) is 0 Å². The predicted molar refractivity (Wildman–Crippen MR) is 73.2 cm³/mol.